The van der Waals surface area contributed by atoms with Crippen molar-refractivity contribution in [3.63, 3.8) is 0 Å². The average Bonchev–Trinajstić information content (AvgIpc) is 3.34. The largest absolute Gasteiger partial charge is 0.462 e. The molecule has 0 aromatic heterocycles. The van der Waals surface area contributed by atoms with Gasteiger partial charge >= 0.3 is 17.9 Å². The van der Waals surface area contributed by atoms with Crippen LogP contribution >= 0.6 is 0 Å². The number of carbonyl (C=O) groups excluding carboxylic acids is 3. The number of hydrogen-bond acceptors (Lipinski definition) is 6. The number of esters is 3. The zero-order valence-corrected chi connectivity index (χ0v) is 45.1. The van der Waals surface area contributed by atoms with Gasteiger partial charge in [-0.2, -0.15) is 0 Å². The Hall–Kier alpha value is -2.89. The maximum Gasteiger partial charge on any atom is 0.306 e. The summed E-state index contributed by atoms with van der Waals surface area (Å²) in [5.74, 6) is -0.890. The van der Waals surface area contributed by atoms with Gasteiger partial charge in [0.2, 0.25) is 0 Å². The van der Waals surface area contributed by atoms with E-state index in [1.54, 1.807) is 0 Å². The highest BCUT2D eigenvalue weighted by atomic mass is 16.6. The first-order valence-electron chi connectivity index (χ1n) is 29.3. The van der Waals surface area contributed by atoms with Crippen molar-refractivity contribution in [2.24, 2.45) is 0 Å². The van der Waals surface area contributed by atoms with Crippen LogP contribution in [-0.2, 0) is 28.6 Å². The first-order chi connectivity index (χ1) is 33.5. The van der Waals surface area contributed by atoms with Crippen LogP contribution in [0, 0.1) is 0 Å². The first kappa shape index (κ1) is 65.1. The van der Waals surface area contributed by atoms with E-state index in [1.807, 2.05) is 0 Å². The average molecular weight is 952 g/mol. The lowest BCUT2D eigenvalue weighted by Gasteiger charge is -2.18. The lowest BCUT2D eigenvalue weighted by atomic mass is 10.0. The van der Waals surface area contributed by atoms with Crippen molar-refractivity contribution in [2.75, 3.05) is 13.2 Å². The van der Waals surface area contributed by atoms with Gasteiger partial charge in [0.15, 0.2) is 6.10 Å². The first-order valence-corrected chi connectivity index (χ1v) is 29.3. The Labute approximate surface area is 421 Å². The lowest BCUT2D eigenvalue weighted by molar-refractivity contribution is -0.167. The highest BCUT2D eigenvalue weighted by molar-refractivity contribution is 5.71. The minimum atomic E-state index is -0.769. The van der Waals surface area contributed by atoms with E-state index in [9.17, 15) is 14.4 Å². The maximum absolute atomic E-state index is 12.7. The quantitative estimate of drug-likeness (QED) is 0.0262. The van der Waals surface area contributed by atoms with Crippen molar-refractivity contribution in [2.45, 2.75) is 303 Å². The SMILES string of the molecule is CC/C=C\C/C=C\C/C=C\C/C=C\CCCCCCCCCCCCCCCCCCCCCCCCC(=O)OCC(COC(=O)CCCCCCC)OC(=O)CCCCCCC/C=C\CCC. The van der Waals surface area contributed by atoms with Crippen molar-refractivity contribution in [1.82, 2.24) is 0 Å². The molecule has 0 saturated carbocycles. The summed E-state index contributed by atoms with van der Waals surface area (Å²) in [4.78, 5) is 37.6. The van der Waals surface area contributed by atoms with E-state index in [0.29, 0.717) is 19.3 Å². The standard InChI is InChI=1S/C62H110O6/c1-4-7-10-13-15-17-19-20-21-22-23-24-25-26-27-28-29-30-31-32-33-34-35-36-37-38-39-40-41-42-43-45-46-49-52-55-61(64)67-58-59(57-66-60(63)54-51-48-12-9-6-3)68-62(65)56-53-50-47-44-18-16-14-11-8-5-2/h7,10-11,14-15,17,20-21,23-24,59H,4-6,8-9,12-13,16,18-19,22,25-58H2,1-3H3/b10-7-,14-11-,17-15-,21-20-,24-23-. The smallest absolute Gasteiger partial charge is 0.306 e. The molecular weight excluding hydrogens is 841 g/mol. The van der Waals surface area contributed by atoms with E-state index in [1.165, 1.54) is 148 Å². The summed E-state index contributed by atoms with van der Waals surface area (Å²) in [7, 11) is 0. The lowest BCUT2D eigenvalue weighted by Crippen LogP contribution is -2.30. The van der Waals surface area contributed by atoms with Gasteiger partial charge in [0.25, 0.3) is 0 Å². The molecule has 0 fully saturated rings. The van der Waals surface area contributed by atoms with Crippen LogP contribution in [0.5, 0.6) is 0 Å². The fraction of sp³-hybridized carbons (Fsp3) is 0.790. The third-order valence-electron chi connectivity index (χ3n) is 12.7. The number of hydrogen-bond donors (Lipinski definition) is 0. The zero-order chi connectivity index (χ0) is 49.3. The Morgan fingerprint density at radius 2 is 0.603 bits per heavy atom. The van der Waals surface area contributed by atoms with E-state index in [-0.39, 0.29) is 31.1 Å². The van der Waals surface area contributed by atoms with Crippen molar-refractivity contribution >= 4 is 17.9 Å². The van der Waals surface area contributed by atoms with Crippen LogP contribution in [0.2, 0.25) is 0 Å². The van der Waals surface area contributed by atoms with Gasteiger partial charge in [-0.15, -0.1) is 0 Å². The molecule has 68 heavy (non-hydrogen) atoms. The molecule has 0 aliphatic carbocycles. The number of carbonyl (C=O) groups is 3. The Morgan fingerprint density at radius 3 is 0.971 bits per heavy atom. The van der Waals surface area contributed by atoms with E-state index < -0.39 is 6.10 Å². The van der Waals surface area contributed by atoms with Gasteiger partial charge in [-0.3, -0.25) is 14.4 Å². The summed E-state index contributed by atoms with van der Waals surface area (Å²) in [6.45, 7) is 6.39. The minimum Gasteiger partial charge on any atom is -0.462 e. The summed E-state index contributed by atoms with van der Waals surface area (Å²) < 4.78 is 16.6. The number of unbranched alkanes of at least 4 members (excludes halogenated alkanes) is 32. The second-order valence-corrected chi connectivity index (χ2v) is 19.5. The van der Waals surface area contributed by atoms with Crippen LogP contribution in [0.1, 0.15) is 297 Å². The molecular formula is C62H110O6. The molecule has 0 heterocycles. The van der Waals surface area contributed by atoms with Gasteiger partial charge in [-0.25, -0.2) is 0 Å². The molecule has 0 N–H and O–H groups in total. The fourth-order valence-corrected chi connectivity index (χ4v) is 8.38. The molecule has 0 saturated heterocycles. The van der Waals surface area contributed by atoms with Gasteiger partial charge in [0.05, 0.1) is 0 Å². The molecule has 6 nitrogen and oxygen atoms in total. The number of ether oxygens (including phenoxy) is 3. The molecule has 0 aliphatic rings. The third-order valence-corrected chi connectivity index (χ3v) is 12.7. The Kier molecular flexibility index (Phi) is 54.3. The Balaban J connectivity index is 3.80. The Morgan fingerprint density at radius 1 is 0.309 bits per heavy atom. The van der Waals surface area contributed by atoms with Crippen LogP contribution in [0.3, 0.4) is 0 Å². The van der Waals surface area contributed by atoms with Crippen LogP contribution < -0.4 is 0 Å². The second-order valence-electron chi connectivity index (χ2n) is 19.5. The number of allylic oxidation sites excluding steroid dienone is 10. The van der Waals surface area contributed by atoms with Crippen LogP contribution in [0.25, 0.3) is 0 Å². The van der Waals surface area contributed by atoms with Gasteiger partial charge < -0.3 is 14.2 Å². The van der Waals surface area contributed by atoms with Crippen molar-refractivity contribution < 1.29 is 28.6 Å². The van der Waals surface area contributed by atoms with E-state index in [2.05, 4.69) is 81.5 Å². The zero-order valence-electron chi connectivity index (χ0n) is 45.1. The predicted octanol–water partition coefficient (Wildman–Crippen LogP) is 19.6. The summed E-state index contributed by atoms with van der Waals surface area (Å²) in [5.41, 5.74) is 0. The molecule has 394 valence electrons. The van der Waals surface area contributed by atoms with Gasteiger partial charge in [0, 0.05) is 19.3 Å². The highest BCUT2D eigenvalue weighted by Gasteiger charge is 2.19. The molecule has 1 atom stereocenters. The molecule has 0 aliphatic heterocycles. The van der Waals surface area contributed by atoms with Crippen molar-refractivity contribution in [1.29, 1.82) is 0 Å². The minimum absolute atomic E-state index is 0.0736. The maximum atomic E-state index is 12.7. The molecule has 0 spiro atoms. The van der Waals surface area contributed by atoms with Gasteiger partial charge in [0.1, 0.15) is 13.2 Å². The topological polar surface area (TPSA) is 78.9 Å². The van der Waals surface area contributed by atoms with Crippen molar-refractivity contribution in [3.8, 4) is 0 Å². The fourth-order valence-electron chi connectivity index (χ4n) is 8.38. The highest BCUT2D eigenvalue weighted by Crippen LogP contribution is 2.17. The van der Waals surface area contributed by atoms with Crippen LogP contribution in [-0.4, -0.2) is 37.2 Å². The Bertz CT molecular complexity index is 1230. The molecule has 0 amide bonds. The van der Waals surface area contributed by atoms with E-state index in [0.717, 1.165) is 109 Å². The third kappa shape index (κ3) is 54.1. The molecule has 0 aromatic rings. The van der Waals surface area contributed by atoms with Crippen LogP contribution in [0.4, 0.5) is 0 Å². The monoisotopic (exact) mass is 951 g/mol. The molecule has 0 aromatic carbocycles. The van der Waals surface area contributed by atoms with E-state index >= 15 is 0 Å². The molecule has 0 bridgehead atoms. The summed E-state index contributed by atoms with van der Waals surface area (Å²) in [5, 5.41) is 0. The second kappa shape index (κ2) is 56.7. The number of rotatable bonds is 53. The van der Waals surface area contributed by atoms with Crippen LogP contribution in [0.15, 0.2) is 60.8 Å². The summed E-state index contributed by atoms with van der Waals surface area (Å²) in [6, 6.07) is 0. The molecule has 6 heteroatoms. The van der Waals surface area contributed by atoms with Crippen molar-refractivity contribution in [3.05, 3.63) is 60.8 Å². The molecule has 0 radical (unpaired) electrons. The molecule has 0 rings (SSSR count). The van der Waals surface area contributed by atoms with E-state index in [4.69, 9.17) is 14.2 Å². The predicted molar refractivity (Wildman–Crippen MR) is 293 cm³/mol. The molecule has 1 unspecified atom stereocenters. The van der Waals surface area contributed by atoms with Gasteiger partial charge in [-0.1, -0.05) is 261 Å². The summed E-state index contributed by atoms with van der Waals surface area (Å²) >= 11 is 0. The summed E-state index contributed by atoms with van der Waals surface area (Å²) in [6.07, 6.45) is 71.6. The van der Waals surface area contributed by atoms with Gasteiger partial charge in [-0.05, 0) is 77.0 Å². The normalized spacial score (nSPS) is 12.5.